The summed E-state index contributed by atoms with van der Waals surface area (Å²) in [5, 5.41) is 0. The minimum Gasteiger partial charge on any atom is -0.466 e. The molecule has 0 spiro atoms. The number of ether oxygens (including phenoxy) is 1. The maximum Gasteiger partial charge on any atom is 0.332 e. The van der Waals surface area contributed by atoms with E-state index in [0.29, 0.717) is 5.57 Å². The maximum atomic E-state index is 10.2. The third kappa shape index (κ3) is 4.26. The number of carbonyl (C=O) groups excluding carboxylic acids is 1. The molecular weight excluding hydrogens is 301 g/mol. The van der Waals surface area contributed by atoms with Gasteiger partial charge in [0.2, 0.25) is 0 Å². The third-order valence-corrected chi connectivity index (χ3v) is 0.534. The van der Waals surface area contributed by atoms with Crippen LogP contribution in [0.2, 0.25) is 0 Å². The summed E-state index contributed by atoms with van der Waals surface area (Å²) < 4.78 is 4.27. The minimum absolute atomic E-state index is 0. The summed E-state index contributed by atoms with van der Waals surface area (Å²) in [6, 6.07) is 0. The van der Waals surface area contributed by atoms with Crippen molar-refractivity contribution in [1.82, 2.24) is 0 Å². The first kappa shape index (κ1) is 11.0. The van der Waals surface area contributed by atoms with Crippen LogP contribution in [0.25, 0.3) is 0 Å². The third-order valence-electron chi connectivity index (χ3n) is 0.534. The molecule has 0 aliphatic heterocycles. The number of hydrogen-bond donors (Lipinski definition) is 0. The Morgan fingerprint density at radius 2 is 2.00 bits per heavy atom. The maximum absolute atomic E-state index is 10.2. The van der Waals surface area contributed by atoms with Gasteiger partial charge in [0.25, 0.3) is 0 Å². The number of methoxy groups -OCH3 is 1. The van der Waals surface area contributed by atoms with Gasteiger partial charge in [-0.05, 0) is 6.92 Å². The van der Waals surface area contributed by atoms with Gasteiger partial charge in [-0.2, -0.15) is 0 Å². The Morgan fingerprint density at radius 3 is 2.00 bits per heavy atom. The van der Waals surface area contributed by atoms with E-state index < -0.39 is 0 Å². The number of carbonyl (C=O) groups is 1. The van der Waals surface area contributed by atoms with E-state index >= 15 is 0 Å². The summed E-state index contributed by atoms with van der Waals surface area (Å²) in [5.74, 6) is -0.347. The van der Waals surface area contributed by atoms with E-state index in [1.54, 1.807) is 6.92 Å². The molecule has 0 saturated carbocycles. The second-order valence-electron chi connectivity index (χ2n) is 1.27. The van der Waals surface area contributed by atoms with Crippen molar-refractivity contribution in [3.63, 3.8) is 0 Å². The first-order valence-electron chi connectivity index (χ1n) is 1.92. The Kier molecular flexibility index (Phi) is 7.18. The van der Waals surface area contributed by atoms with Crippen LogP contribution in [0, 0.1) is 0 Å². The minimum atomic E-state index is -0.347. The summed E-state index contributed by atoms with van der Waals surface area (Å²) in [6.45, 7) is 4.95. The molecular formula is C5H8BiO2. The smallest absolute Gasteiger partial charge is 0.332 e. The van der Waals surface area contributed by atoms with Gasteiger partial charge < -0.3 is 4.74 Å². The van der Waals surface area contributed by atoms with Crippen molar-refractivity contribution in [2.24, 2.45) is 0 Å². The molecule has 0 aromatic heterocycles. The van der Waals surface area contributed by atoms with Gasteiger partial charge >= 0.3 is 5.97 Å². The second kappa shape index (κ2) is 5.23. The van der Waals surface area contributed by atoms with Gasteiger partial charge in [-0.1, -0.05) is 6.58 Å². The van der Waals surface area contributed by atoms with Crippen molar-refractivity contribution >= 4 is 32.2 Å². The Balaban J connectivity index is 0. The molecule has 0 aromatic carbocycles. The van der Waals surface area contributed by atoms with Gasteiger partial charge in [-0.25, -0.2) is 4.79 Å². The van der Waals surface area contributed by atoms with E-state index in [9.17, 15) is 4.79 Å². The quantitative estimate of drug-likeness (QED) is 0.397. The molecule has 8 heavy (non-hydrogen) atoms. The zero-order valence-electron chi connectivity index (χ0n) is 4.97. The van der Waals surface area contributed by atoms with Crippen LogP contribution >= 0.6 is 0 Å². The Morgan fingerprint density at radius 1 is 1.62 bits per heavy atom. The predicted molar refractivity (Wildman–Crippen MR) is 32.6 cm³/mol. The Labute approximate surface area is 68.0 Å². The van der Waals surface area contributed by atoms with E-state index in [4.69, 9.17) is 0 Å². The fourth-order valence-corrected chi connectivity index (χ4v) is 0.174. The van der Waals surface area contributed by atoms with Crippen molar-refractivity contribution in [3.8, 4) is 0 Å². The molecule has 0 aliphatic carbocycles. The molecule has 0 amide bonds. The normalized spacial score (nSPS) is 6.75. The standard InChI is InChI=1S/C5H8O2.Bi/c1-4(2)5(6)7-3;/h1H2,2-3H3;. The molecule has 3 radical (unpaired) electrons. The van der Waals surface area contributed by atoms with Crippen molar-refractivity contribution in [2.45, 2.75) is 6.92 Å². The van der Waals surface area contributed by atoms with Gasteiger partial charge in [0.05, 0.1) is 7.11 Å². The van der Waals surface area contributed by atoms with E-state index in [1.165, 1.54) is 7.11 Å². The van der Waals surface area contributed by atoms with Crippen LogP contribution in [-0.4, -0.2) is 39.3 Å². The average molecular weight is 309 g/mol. The van der Waals surface area contributed by atoms with Crippen LogP contribution in [0.3, 0.4) is 0 Å². The van der Waals surface area contributed by atoms with Gasteiger partial charge in [0.15, 0.2) is 0 Å². The summed E-state index contributed by atoms with van der Waals surface area (Å²) in [6.07, 6.45) is 0. The van der Waals surface area contributed by atoms with Crippen molar-refractivity contribution < 1.29 is 9.53 Å². The molecule has 3 heteroatoms. The fourth-order valence-electron chi connectivity index (χ4n) is 0.174. The zero-order valence-corrected chi connectivity index (χ0v) is 8.45. The van der Waals surface area contributed by atoms with Crippen LogP contribution in [0.4, 0.5) is 0 Å². The van der Waals surface area contributed by atoms with E-state index in [0.717, 1.165) is 0 Å². The van der Waals surface area contributed by atoms with Crippen LogP contribution in [0.1, 0.15) is 6.92 Å². The fraction of sp³-hybridized carbons (Fsp3) is 0.400. The Bertz CT molecular complexity index is 98.6. The molecule has 0 rings (SSSR count). The first-order valence-corrected chi connectivity index (χ1v) is 1.92. The molecule has 45 valence electrons. The molecule has 0 aromatic rings. The summed E-state index contributed by atoms with van der Waals surface area (Å²) in [7, 11) is 1.33. The van der Waals surface area contributed by atoms with Gasteiger partial charge in [-0.15, -0.1) is 0 Å². The topological polar surface area (TPSA) is 26.3 Å². The van der Waals surface area contributed by atoms with Crippen LogP contribution in [0.15, 0.2) is 12.2 Å². The molecule has 0 bridgehead atoms. The molecule has 0 fully saturated rings. The molecule has 0 N–H and O–H groups in total. The molecule has 0 atom stereocenters. The van der Waals surface area contributed by atoms with Crippen LogP contribution in [0.5, 0.6) is 0 Å². The van der Waals surface area contributed by atoms with Crippen molar-refractivity contribution in [2.75, 3.05) is 7.11 Å². The molecule has 0 aliphatic rings. The second-order valence-corrected chi connectivity index (χ2v) is 1.27. The predicted octanol–water partition coefficient (Wildman–Crippen LogP) is 0.355. The van der Waals surface area contributed by atoms with E-state index in [1.807, 2.05) is 0 Å². The molecule has 0 saturated heterocycles. The van der Waals surface area contributed by atoms with Crippen LogP contribution < -0.4 is 0 Å². The number of rotatable bonds is 1. The first-order chi connectivity index (χ1) is 3.18. The molecule has 2 nitrogen and oxygen atoms in total. The van der Waals surface area contributed by atoms with E-state index in [2.05, 4.69) is 11.3 Å². The molecule has 0 unspecified atom stereocenters. The molecule has 0 heterocycles. The SMILES string of the molecule is C=C(C)C(=O)OC.[Bi]. The van der Waals surface area contributed by atoms with Crippen LogP contribution in [-0.2, 0) is 9.53 Å². The largest absolute Gasteiger partial charge is 0.466 e. The number of esters is 1. The van der Waals surface area contributed by atoms with Crippen molar-refractivity contribution in [1.29, 1.82) is 0 Å². The summed E-state index contributed by atoms with van der Waals surface area (Å²) >= 11 is 0. The summed E-state index contributed by atoms with van der Waals surface area (Å²) in [4.78, 5) is 10.2. The Hall–Kier alpha value is 0.0931. The van der Waals surface area contributed by atoms with E-state index in [-0.39, 0.29) is 32.2 Å². The number of hydrogen-bond acceptors (Lipinski definition) is 2. The monoisotopic (exact) mass is 309 g/mol. The van der Waals surface area contributed by atoms with Crippen molar-refractivity contribution in [3.05, 3.63) is 12.2 Å². The average Bonchev–Trinajstić information content (AvgIpc) is 1.65. The van der Waals surface area contributed by atoms with Gasteiger partial charge in [0.1, 0.15) is 0 Å². The van der Waals surface area contributed by atoms with Gasteiger partial charge in [0, 0.05) is 31.8 Å². The summed E-state index contributed by atoms with van der Waals surface area (Å²) in [5.41, 5.74) is 0.433. The zero-order chi connectivity index (χ0) is 5.86. The van der Waals surface area contributed by atoms with Gasteiger partial charge in [-0.3, -0.25) is 0 Å².